The van der Waals surface area contributed by atoms with Crippen LogP contribution in [0.25, 0.3) is 0 Å². The zero-order chi connectivity index (χ0) is 23.4. The van der Waals surface area contributed by atoms with E-state index in [0.717, 1.165) is 50.3 Å². The molecule has 1 atom stereocenters. The molecule has 1 unspecified atom stereocenters. The Morgan fingerprint density at radius 1 is 1.32 bits per heavy atom. The molecule has 176 valence electrons. The van der Waals surface area contributed by atoms with E-state index in [-0.39, 0.29) is 24.5 Å². The molecule has 9 nitrogen and oxygen atoms in total. The Morgan fingerprint density at radius 2 is 1.90 bits per heavy atom. The van der Waals surface area contributed by atoms with Crippen LogP contribution in [0, 0.1) is 0 Å². The number of fused-ring (bicyclic) bond motifs is 2. The molecule has 10 heteroatoms. The predicted octanol–water partition coefficient (Wildman–Crippen LogP) is 1.71. The molecule has 1 spiro atoms. The molecule has 3 rings (SSSR count). The van der Waals surface area contributed by atoms with Crippen LogP contribution in [0.3, 0.4) is 0 Å². The number of ether oxygens (including phenoxy) is 1. The molecule has 1 saturated heterocycles. The number of hydrogen-bond acceptors (Lipinski definition) is 7. The van der Waals surface area contributed by atoms with E-state index in [1.165, 1.54) is 10.4 Å². The summed E-state index contributed by atoms with van der Waals surface area (Å²) in [6.45, 7) is 5.23. The topological polar surface area (TPSA) is 119 Å². The van der Waals surface area contributed by atoms with E-state index >= 15 is 0 Å². The number of likely N-dealkylation sites (tertiary alicyclic amines) is 1. The van der Waals surface area contributed by atoms with E-state index in [4.69, 9.17) is 24.5 Å². The maximum atomic E-state index is 12.7. The Morgan fingerprint density at radius 3 is 2.42 bits per heavy atom. The van der Waals surface area contributed by atoms with E-state index in [2.05, 4.69) is 49.2 Å². The minimum absolute atomic E-state index is 0.0581. The van der Waals surface area contributed by atoms with Gasteiger partial charge in [-0.15, -0.1) is 11.3 Å². The summed E-state index contributed by atoms with van der Waals surface area (Å²) in [6, 6.07) is 2.48. The molecule has 0 bridgehead atoms. The van der Waals surface area contributed by atoms with Crippen molar-refractivity contribution in [3.05, 3.63) is 21.4 Å². The Balaban J connectivity index is 0.000000720. The van der Waals surface area contributed by atoms with Gasteiger partial charge in [0.2, 0.25) is 0 Å². The summed E-state index contributed by atoms with van der Waals surface area (Å²) in [5, 5.41) is 16.9. The Labute approximate surface area is 188 Å². The van der Waals surface area contributed by atoms with Gasteiger partial charge < -0.3 is 30.1 Å². The molecule has 2 aliphatic rings. The molecule has 3 N–H and O–H groups in total. The predicted molar refractivity (Wildman–Crippen MR) is 120 cm³/mol. The van der Waals surface area contributed by atoms with Gasteiger partial charge in [0.25, 0.3) is 18.9 Å². The van der Waals surface area contributed by atoms with E-state index in [0.29, 0.717) is 12.6 Å². The van der Waals surface area contributed by atoms with Gasteiger partial charge in [-0.2, -0.15) is 0 Å². The summed E-state index contributed by atoms with van der Waals surface area (Å²) in [5.74, 6) is 0.0581. The van der Waals surface area contributed by atoms with E-state index in [9.17, 15) is 4.79 Å². The van der Waals surface area contributed by atoms with E-state index in [1.807, 2.05) is 0 Å². The Kier molecular flexibility index (Phi) is 11.7. The second-order valence-corrected chi connectivity index (χ2v) is 8.93. The largest absolute Gasteiger partial charge is 0.483 e. The Hall–Kier alpha value is -2.01. The zero-order valence-electron chi connectivity index (χ0n) is 18.8. The lowest BCUT2D eigenvalue weighted by Crippen LogP contribution is -2.44. The molecule has 0 saturated carbocycles. The first kappa shape index (κ1) is 27.0. The fourth-order valence-electron chi connectivity index (χ4n) is 3.91. The normalized spacial score (nSPS) is 18.0. The summed E-state index contributed by atoms with van der Waals surface area (Å²) in [7, 11) is 6.29. The van der Waals surface area contributed by atoms with Gasteiger partial charge in [-0.25, -0.2) is 0 Å². The lowest BCUT2D eigenvalue weighted by Gasteiger charge is -2.43. The van der Waals surface area contributed by atoms with Crippen molar-refractivity contribution in [2.24, 2.45) is 0 Å². The summed E-state index contributed by atoms with van der Waals surface area (Å²) in [6.07, 6.45) is 4.00. The molecule has 0 aromatic carbocycles. The smallest absolute Gasteiger partial charge is 0.290 e. The molecular weight excluding hydrogens is 422 g/mol. The number of amides is 1. The highest BCUT2D eigenvalue weighted by atomic mass is 32.1. The van der Waals surface area contributed by atoms with Crippen molar-refractivity contribution in [2.45, 2.75) is 44.2 Å². The third-order valence-electron chi connectivity index (χ3n) is 5.73. The molecule has 31 heavy (non-hydrogen) atoms. The molecule has 1 fully saturated rings. The maximum absolute atomic E-state index is 12.7. The van der Waals surface area contributed by atoms with Gasteiger partial charge in [-0.3, -0.25) is 14.4 Å². The SMILES string of the molecule is CCC(CNC(=O)c1cc2c(s1)CCOC21CCN(C)CC1)N(C)C.O=CO.O=CO. The highest BCUT2D eigenvalue weighted by Crippen LogP contribution is 2.44. The number of hydrogen-bond donors (Lipinski definition) is 3. The second-order valence-electron chi connectivity index (χ2n) is 7.79. The number of nitrogens with zero attached hydrogens (tertiary/aromatic N) is 2. The minimum atomic E-state index is -0.250. The van der Waals surface area contributed by atoms with Crippen LogP contribution >= 0.6 is 11.3 Å². The third-order valence-corrected chi connectivity index (χ3v) is 6.92. The van der Waals surface area contributed by atoms with Gasteiger partial charge in [0.15, 0.2) is 0 Å². The molecule has 0 aliphatic carbocycles. The van der Waals surface area contributed by atoms with Crippen molar-refractivity contribution in [3.8, 4) is 0 Å². The summed E-state index contributed by atoms with van der Waals surface area (Å²) < 4.78 is 6.26. The van der Waals surface area contributed by atoms with Crippen molar-refractivity contribution in [1.82, 2.24) is 15.1 Å². The molecule has 1 aromatic rings. The lowest BCUT2D eigenvalue weighted by atomic mass is 9.82. The highest BCUT2D eigenvalue weighted by molar-refractivity contribution is 7.14. The Bertz CT molecular complexity index is 695. The van der Waals surface area contributed by atoms with Crippen molar-refractivity contribution in [2.75, 3.05) is 47.4 Å². The van der Waals surface area contributed by atoms with Crippen LogP contribution in [0.1, 0.15) is 46.3 Å². The average Bonchev–Trinajstić information content (AvgIpc) is 3.18. The monoisotopic (exact) mass is 457 g/mol. The first-order chi connectivity index (χ1) is 14.8. The summed E-state index contributed by atoms with van der Waals surface area (Å²) in [4.78, 5) is 36.1. The van der Waals surface area contributed by atoms with Crippen LogP contribution in [0.4, 0.5) is 0 Å². The molecule has 1 amide bonds. The molecule has 2 aliphatic heterocycles. The van der Waals surface area contributed by atoms with Gasteiger partial charge in [-0.05, 0) is 52.0 Å². The van der Waals surface area contributed by atoms with E-state index < -0.39 is 0 Å². The number of carbonyl (C=O) groups excluding carboxylic acids is 1. The van der Waals surface area contributed by atoms with Crippen molar-refractivity contribution in [3.63, 3.8) is 0 Å². The quantitative estimate of drug-likeness (QED) is 0.572. The zero-order valence-corrected chi connectivity index (χ0v) is 19.6. The van der Waals surface area contributed by atoms with Gasteiger partial charge in [0.1, 0.15) is 0 Å². The first-order valence-corrected chi connectivity index (χ1v) is 11.2. The van der Waals surface area contributed by atoms with Gasteiger partial charge in [0.05, 0.1) is 17.1 Å². The van der Waals surface area contributed by atoms with Crippen LogP contribution < -0.4 is 5.32 Å². The van der Waals surface area contributed by atoms with Crippen molar-refractivity contribution >= 4 is 30.2 Å². The van der Waals surface area contributed by atoms with Gasteiger partial charge in [-0.1, -0.05) is 6.92 Å². The second kappa shape index (κ2) is 13.4. The van der Waals surface area contributed by atoms with Gasteiger partial charge >= 0.3 is 0 Å². The maximum Gasteiger partial charge on any atom is 0.290 e. The number of nitrogens with one attached hydrogen (secondary N) is 1. The van der Waals surface area contributed by atoms with Gasteiger partial charge in [0, 0.05) is 37.0 Å². The number of carboxylic acid groups (broad SMARTS) is 2. The lowest BCUT2D eigenvalue weighted by molar-refractivity contribution is -0.123. The van der Waals surface area contributed by atoms with Crippen LogP contribution in [-0.4, -0.2) is 92.3 Å². The number of likely N-dealkylation sites (N-methyl/N-ethyl adjacent to an activating group) is 1. The number of piperidine rings is 1. The van der Waals surface area contributed by atoms with Crippen LogP contribution in [0.5, 0.6) is 0 Å². The van der Waals surface area contributed by atoms with Crippen LogP contribution in [-0.2, 0) is 26.3 Å². The number of carbonyl (C=O) groups is 3. The minimum Gasteiger partial charge on any atom is -0.483 e. The highest BCUT2D eigenvalue weighted by Gasteiger charge is 2.41. The first-order valence-electron chi connectivity index (χ1n) is 10.3. The third kappa shape index (κ3) is 7.57. The van der Waals surface area contributed by atoms with E-state index in [1.54, 1.807) is 11.3 Å². The summed E-state index contributed by atoms with van der Waals surface area (Å²) in [5.41, 5.74) is 1.12. The van der Waals surface area contributed by atoms with Crippen molar-refractivity contribution in [1.29, 1.82) is 0 Å². The average molecular weight is 458 g/mol. The number of thiophene rings is 1. The molecule has 1 aromatic heterocycles. The standard InChI is InChI=1S/C19H31N3O2S.2CH2O2/c1-5-14(21(2)3)13-20-18(23)17-12-15-16(25-17)6-11-24-19(15)7-9-22(4)10-8-19;2*2-1-3/h12,14H,5-11,13H2,1-4H3,(H,20,23);2*1H,(H,2,3). The number of rotatable bonds is 5. The van der Waals surface area contributed by atoms with Crippen LogP contribution in [0.2, 0.25) is 0 Å². The molecular formula is C21H35N3O6S. The molecule has 0 radical (unpaired) electrons. The van der Waals surface area contributed by atoms with Crippen LogP contribution in [0.15, 0.2) is 6.07 Å². The molecule has 3 heterocycles. The fourth-order valence-corrected chi connectivity index (χ4v) is 5.06. The summed E-state index contributed by atoms with van der Waals surface area (Å²) >= 11 is 1.66. The fraction of sp³-hybridized carbons (Fsp3) is 0.667. The van der Waals surface area contributed by atoms with Crippen molar-refractivity contribution < 1.29 is 29.3 Å².